The minimum atomic E-state index is -0.305. The van der Waals surface area contributed by atoms with Crippen molar-refractivity contribution < 1.29 is 10.2 Å². The van der Waals surface area contributed by atoms with Crippen molar-refractivity contribution in [3.63, 3.8) is 0 Å². The molecule has 0 aliphatic rings. The van der Waals surface area contributed by atoms with E-state index in [-0.39, 0.29) is 12.2 Å². The van der Waals surface area contributed by atoms with Crippen LogP contribution < -0.4 is 0 Å². The van der Waals surface area contributed by atoms with E-state index in [1.807, 2.05) is 0 Å². The summed E-state index contributed by atoms with van der Waals surface area (Å²) < 4.78 is 0. The standard InChI is InChI=1S/C36H74O2/c1-3-5-7-8-9-10-11-12-13-14-15-16-17-18-19-20-21-22-23-24-25-26-27-28-29-31-33-36(38)34-35(37)32-30-6-4-2/h35-38H,3-34H2,1-2H3/t35-,36+/m1/s1. The van der Waals surface area contributed by atoms with E-state index in [0.717, 1.165) is 25.7 Å². The Kier molecular flexibility index (Phi) is 33.1. The Balaban J connectivity index is 3.13. The van der Waals surface area contributed by atoms with Gasteiger partial charge in [0.1, 0.15) is 0 Å². The molecule has 0 aromatic heterocycles. The maximum Gasteiger partial charge on any atom is 0.0564 e. The van der Waals surface area contributed by atoms with Crippen LogP contribution in [0.3, 0.4) is 0 Å². The quantitative estimate of drug-likeness (QED) is 0.0815. The summed E-state index contributed by atoms with van der Waals surface area (Å²) in [5, 5.41) is 20.1. The van der Waals surface area contributed by atoms with Crippen molar-refractivity contribution >= 4 is 0 Å². The Bertz CT molecular complexity index is 410. The molecule has 0 rings (SSSR count). The number of unbranched alkanes of at least 4 members (excludes halogenated alkanes) is 27. The molecule has 0 spiro atoms. The first-order valence-electron chi connectivity index (χ1n) is 18.1. The van der Waals surface area contributed by atoms with Crippen LogP contribution in [0.15, 0.2) is 0 Å². The molecule has 0 aliphatic carbocycles. The van der Waals surface area contributed by atoms with Gasteiger partial charge in [-0.2, -0.15) is 0 Å². The van der Waals surface area contributed by atoms with Crippen molar-refractivity contribution in [2.24, 2.45) is 0 Å². The molecule has 2 N–H and O–H groups in total. The lowest BCUT2D eigenvalue weighted by atomic mass is 10.00. The summed E-state index contributed by atoms with van der Waals surface area (Å²) in [6.45, 7) is 4.49. The highest BCUT2D eigenvalue weighted by atomic mass is 16.3. The highest BCUT2D eigenvalue weighted by Gasteiger charge is 2.11. The first kappa shape index (κ1) is 37.9. The van der Waals surface area contributed by atoms with Gasteiger partial charge in [-0.3, -0.25) is 0 Å². The smallest absolute Gasteiger partial charge is 0.0564 e. The summed E-state index contributed by atoms with van der Waals surface area (Å²) in [5.74, 6) is 0. The Morgan fingerprint density at radius 3 is 0.737 bits per heavy atom. The van der Waals surface area contributed by atoms with Crippen LogP contribution >= 0.6 is 0 Å². The third-order valence-corrected chi connectivity index (χ3v) is 8.58. The zero-order chi connectivity index (χ0) is 27.8. The maximum atomic E-state index is 10.1. The average Bonchev–Trinajstić information content (AvgIpc) is 2.90. The second kappa shape index (κ2) is 33.1. The Morgan fingerprint density at radius 2 is 0.474 bits per heavy atom. The van der Waals surface area contributed by atoms with E-state index in [1.165, 1.54) is 173 Å². The molecule has 2 nitrogen and oxygen atoms in total. The van der Waals surface area contributed by atoms with Crippen molar-refractivity contribution in [3.05, 3.63) is 0 Å². The SMILES string of the molecule is CCCCCCCCCCCCCCCCCCCCCCCCCCCC[C@H](O)C[C@H](O)CCCCC. The van der Waals surface area contributed by atoms with Crippen molar-refractivity contribution in [2.75, 3.05) is 0 Å². The first-order valence-corrected chi connectivity index (χ1v) is 18.1. The zero-order valence-corrected chi connectivity index (χ0v) is 26.7. The van der Waals surface area contributed by atoms with Crippen LogP contribution in [-0.2, 0) is 0 Å². The van der Waals surface area contributed by atoms with Crippen LogP contribution in [0, 0.1) is 0 Å². The summed E-state index contributed by atoms with van der Waals surface area (Å²) in [4.78, 5) is 0. The number of aliphatic hydroxyl groups is 2. The number of aliphatic hydroxyl groups excluding tert-OH is 2. The molecule has 0 saturated carbocycles. The summed E-state index contributed by atoms with van der Waals surface area (Å²) in [6, 6.07) is 0. The molecule has 0 amide bonds. The predicted octanol–water partition coefficient (Wildman–Crippen LogP) is 12.2. The third-order valence-electron chi connectivity index (χ3n) is 8.58. The summed E-state index contributed by atoms with van der Waals surface area (Å²) in [7, 11) is 0. The third kappa shape index (κ3) is 32.1. The molecule has 0 bridgehead atoms. The van der Waals surface area contributed by atoms with Crippen molar-refractivity contribution in [2.45, 2.75) is 232 Å². The summed E-state index contributed by atoms with van der Waals surface area (Å²) >= 11 is 0. The van der Waals surface area contributed by atoms with Crippen LogP contribution in [-0.4, -0.2) is 22.4 Å². The Labute approximate surface area is 241 Å². The molecular formula is C36H74O2. The normalized spacial score (nSPS) is 13.3. The van der Waals surface area contributed by atoms with Gasteiger partial charge in [-0.25, -0.2) is 0 Å². The van der Waals surface area contributed by atoms with E-state index in [1.54, 1.807) is 0 Å². The van der Waals surface area contributed by atoms with E-state index < -0.39 is 0 Å². The number of hydrogen-bond donors (Lipinski definition) is 2. The van der Waals surface area contributed by atoms with Gasteiger partial charge in [0.2, 0.25) is 0 Å². The maximum absolute atomic E-state index is 10.1. The highest BCUT2D eigenvalue weighted by molar-refractivity contribution is 4.64. The first-order chi connectivity index (χ1) is 18.7. The molecule has 0 aromatic rings. The topological polar surface area (TPSA) is 40.5 Å². The molecule has 230 valence electrons. The van der Waals surface area contributed by atoms with Gasteiger partial charge in [0.25, 0.3) is 0 Å². The molecule has 0 saturated heterocycles. The van der Waals surface area contributed by atoms with E-state index >= 15 is 0 Å². The fraction of sp³-hybridized carbons (Fsp3) is 1.00. The fourth-order valence-corrected chi connectivity index (χ4v) is 5.88. The van der Waals surface area contributed by atoms with Gasteiger partial charge < -0.3 is 10.2 Å². The number of rotatable bonds is 33. The molecule has 2 atom stereocenters. The largest absolute Gasteiger partial charge is 0.393 e. The van der Waals surface area contributed by atoms with Crippen molar-refractivity contribution in [1.29, 1.82) is 0 Å². The molecule has 0 unspecified atom stereocenters. The van der Waals surface area contributed by atoms with Crippen molar-refractivity contribution in [1.82, 2.24) is 0 Å². The zero-order valence-electron chi connectivity index (χ0n) is 26.7. The van der Waals surface area contributed by atoms with Crippen LogP contribution in [0.2, 0.25) is 0 Å². The van der Waals surface area contributed by atoms with Gasteiger partial charge >= 0.3 is 0 Å². The highest BCUT2D eigenvalue weighted by Crippen LogP contribution is 2.17. The predicted molar refractivity (Wildman–Crippen MR) is 171 cm³/mol. The Hall–Kier alpha value is -0.0800. The molecule has 0 heterocycles. The lowest BCUT2D eigenvalue weighted by Crippen LogP contribution is -2.17. The van der Waals surface area contributed by atoms with Crippen LogP contribution in [0.4, 0.5) is 0 Å². The lowest BCUT2D eigenvalue weighted by Gasteiger charge is -2.15. The minimum Gasteiger partial charge on any atom is -0.393 e. The fourth-order valence-electron chi connectivity index (χ4n) is 5.88. The second-order valence-corrected chi connectivity index (χ2v) is 12.7. The summed E-state index contributed by atoms with van der Waals surface area (Å²) in [6.07, 6.45) is 42.1. The van der Waals surface area contributed by atoms with Crippen LogP contribution in [0.1, 0.15) is 219 Å². The van der Waals surface area contributed by atoms with Crippen LogP contribution in [0.5, 0.6) is 0 Å². The average molecular weight is 539 g/mol. The van der Waals surface area contributed by atoms with Gasteiger partial charge in [-0.05, 0) is 19.3 Å². The molecule has 0 radical (unpaired) electrons. The van der Waals surface area contributed by atoms with E-state index in [4.69, 9.17) is 0 Å². The van der Waals surface area contributed by atoms with Crippen LogP contribution in [0.25, 0.3) is 0 Å². The lowest BCUT2D eigenvalue weighted by molar-refractivity contribution is 0.0681. The van der Waals surface area contributed by atoms with E-state index in [9.17, 15) is 10.2 Å². The molecule has 0 aromatic carbocycles. The monoisotopic (exact) mass is 539 g/mol. The summed E-state index contributed by atoms with van der Waals surface area (Å²) in [5.41, 5.74) is 0. The van der Waals surface area contributed by atoms with Crippen molar-refractivity contribution in [3.8, 4) is 0 Å². The molecule has 0 aliphatic heterocycles. The molecule has 38 heavy (non-hydrogen) atoms. The second-order valence-electron chi connectivity index (χ2n) is 12.7. The van der Waals surface area contributed by atoms with Gasteiger partial charge in [0.15, 0.2) is 0 Å². The van der Waals surface area contributed by atoms with Gasteiger partial charge in [-0.15, -0.1) is 0 Å². The van der Waals surface area contributed by atoms with E-state index in [0.29, 0.717) is 6.42 Å². The van der Waals surface area contributed by atoms with E-state index in [2.05, 4.69) is 13.8 Å². The Morgan fingerprint density at radius 1 is 0.289 bits per heavy atom. The molecular weight excluding hydrogens is 464 g/mol. The molecule has 2 heteroatoms. The minimum absolute atomic E-state index is 0.305. The van der Waals surface area contributed by atoms with Gasteiger partial charge in [-0.1, -0.05) is 200 Å². The van der Waals surface area contributed by atoms with Gasteiger partial charge in [0, 0.05) is 0 Å². The number of hydrogen-bond acceptors (Lipinski definition) is 2. The molecule has 0 fully saturated rings. The van der Waals surface area contributed by atoms with Gasteiger partial charge in [0.05, 0.1) is 12.2 Å².